The van der Waals surface area contributed by atoms with E-state index in [0.29, 0.717) is 0 Å². The molecule has 0 fully saturated rings. The summed E-state index contributed by atoms with van der Waals surface area (Å²) >= 11 is 0. The smallest absolute Gasteiger partial charge is 0.0934 e. The van der Waals surface area contributed by atoms with Crippen LogP contribution in [0, 0.1) is 6.92 Å². The first-order chi connectivity index (χ1) is 8.74. The number of aromatic nitrogens is 1. The van der Waals surface area contributed by atoms with Gasteiger partial charge in [0, 0.05) is 11.1 Å². The summed E-state index contributed by atoms with van der Waals surface area (Å²) in [6, 6.07) is 18.4. The Bertz CT molecular complexity index is 703. The Morgan fingerprint density at radius 3 is 2.44 bits per heavy atom. The molecule has 0 aliphatic heterocycles. The fourth-order valence-electron chi connectivity index (χ4n) is 2.16. The van der Waals surface area contributed by atoms with Crippen LogP contribution in [0.1, 0.15) is 5.69 Å². The first-order valence-corrected chi connectivity index (χ1v) is 5.96. The number of nitrogen functional groups attached to an aromatic ring is 1. The third kappa shape index (κ3) is 1.82. The maximum atomic E-state index is 6.10. The van der Waals surface area contributed by atoms with Gasteiger partial charge >= 0.3 is 0 Å². The predicted molar refractivity (Wildman–Crippen MR) is 76.3 cm³/mol. The minimum atomic E-state index is 0.732. The van der Waals surface area contributed by atoms with Gasteiger partial charge in [0.05, 0.1) is 11.2 Å². The van der Waals surface area contributed by atoms with Crippen molar-refractivity contribution in [3.8, 4) is 11.1 Å². The van der Waals surface area contributed by atoms with Crippen molar-refractivity contribution in [2.24, 2.45) is 0 Å². The van der Waals surface area contributed by atoms with Gasteiger partial charge in [0.25, 0.3) is 0 Å². The van der Waals surface area contributed by atoms with Crippen molar-refractivity contribution >= 4 is 16.6 Å². The van der Waals surface area contributed by atoms with Crippen LogP contribution in [0.25, 0.3) is 22.0 Å². The Labute approximate surface area is 106 Å². The molecular formula is C16H14N2. The van der Waals surface area contributed by atoms with Crippen LogP contribution in [0.4, 0.5) is 5.69 Å². The molecule has 0 aliphatic carbocycles. The van der Waals surface area contributed by atoms with Gasteiger partial charge in [-0.1, -0.05) is 36.4 Å². The molecule has 1 aromatic heterocycles. The van der Waals surface area contributed by atoms with Crippen LogP contribution in [0.2, 0.25) is 0 Å². The van der Waals surface area contributed by atoms with Gasteiger partial charge in [-0.25, -0.2) is 0 Å². The van der Waals surface area contributed by atoms with Gasteiger partial charge in [-0.2, -0.15) is 0 Å². The standard InChI is InChI=1S/C16H14N2/c1-11-7-8-13-9-14(10-15(17)16(13)18-11)12-5-3-2-4-6-12/h2-10H,17H2,1H3. The first kappa shape index (κ1) is 10.8. The Morgan fingerprint density at radius 1 is 0.889 bits per heavy atom. The van der Waals surface area contributed by atoms with Crippen LogP contribution >= 0.6 is 0 Å². The molecule has 1 heterocycles. The number of aryl methyl sites for hydroxylation is 1. The van der Waals surface area contributed by atoms with E-state index in [9.17, 15) is 0 Å². The highest BCUT2D eigenvalue weighted by molar-refractivity contribution is 5.94. The summed E-state index contributed by atoms with van der Waals surface area (Å²) in [5.74, 6) is 0. The van der Waals surface area contributed by atoms with Crippen molar-refractivity contribution in [2.75, 3.05) is 5.73 Å². The second kappa shape index (κ2) is 4.15. The van der Waals surface area contributed by atoms with E-state index in [1.165, 1.54) is 5.56 Å². The van der Waals surface area contributed by atoms with Crippen LogP contribution < -0.4 is 5.73 Å². The summed E-state index contributed by atoms with van der Waals surface area (Å²) < 4.78 is 0. The summed E-state index contributed by atoms with van der Waals surface area (Å²) in [5.41, 5.74) is 11.0. The van der Waals surface area contributed by atoms with Gasteiger partial charge in [-0.3, -0.25) is 4.98 Å². The average Bonchev–Trinajstić information content (AvgIpc) is 2.40. The van der Waals surface area contributed by atoms with Gasteiger partial charge < -0.3 is 5.73 Å². The lowest BCUT2D eigenvalue weighted by Crippen LogP contribution is -1.92. The second-order valence-corrected chi connectivity index (χ2v) is 4.46. The van der Waals surface area contributed by atoms with E-state index < -0.39 is 0 Å². The van der Waals surface area contributed by atoms with E-state index in [1.807, 2.05) is 37.3 Å². The highest BCUT2D eigenvalue weighted by Gasteiger charge is 2.04. The van der Waals surface area contributed by atoms with E-state index in [2.05, 4.69) is 29.2 Å². The quantitative estimate of drug-likeness (QED) is 0.650. The number of pyridine rings is 1. The van der Waals surface area contributed by atoms with Crippen molar-refractivity contribution in [2.45, 2.75) is 6.92 Å². The number of benzene rings is 2. The number of hydrogen-bond acceptors (Lipinski definition) is 2. The summed E-state index contributed by atoms with van der Waals surface area (Å²) in [5, 5.41) is 1.08. The van der Waals surface area contributed by atoms with Gasteiger partial charge in [0.2, 0.25) is 0 Å². The van der Waals surface area contributed by atoms with Crippen molar-refractivity contribution in [3.05, 3.63) is 60.3 Å². The van der Waals surface area contributed by atoms with Crippen molar-refractivity contribution < 1.29 is 0 Å². The lowest BCUT2D eigenvalue weighted by molar-refractivity contribution is 1.26. The Kier molecular flexibility index (Phi) is 2.49. The van der Waals surface area contributed by atoms with E-state index in [0.717, 1.165) is 27.8 Å². The largest absolute Gasteiger partial charge is 0.397 e. The first-order valence-electron chi connectivity index (χ1n) is 5.96. The van der Waals surface area contributed by atoms with Crippen molar-refractivity contribution in [1.29, 1.82) is 0 Å². The topological polar surface area (TPSA) is 38.9 Å². The maximum Gasteiger partial charge on any atom is 0.0934 e. The average molecular weight is 234 g/mol. The third-order valence-electron chi connectivity index (χ3n) is 3.07. The Balaban J connectivity index is 2.25. The fraction of sp³-hybridized carbons (Fsp3) is 0.0625. The molecule has 0 bridgehead atoms. The molecule has 18 heavy (non-hydrogen) atoms. The molecule has 0 spiro atoms. The number of rotatable bonds is 1. The minimum Gasteiger partial charge on any atom is -0.397 e. The zero-order chi connectivity index (χ0) is 12.5. The molecule has 0 radical (unpaired) electrons. The van der Waals surface area contributed by atoms with Crippen molar-refractivity contribution in [3.63, 3.8) is 0 Å². The Morgan fingerprint density at radius 2 is 1.67 bits per heavy atom. The van der Waals surface area contributed by atoms with E-state index in [-0.39, 0.29) is 0 Å². The number of anilines is 1. The SMILES string of the molecule is Cc1ccc2cc(-c3ccccc3)cc(N)c2n1. The zero-order valence-electron chi connectivity index (χ0n) is 10.2. The molecule has 2 N–H and O–H groups in total. The fourth-order valence-corrected chi connectivity index (χ4v) is 2.16. The lowest BCUT2D eigenvalue weighted by atomic mass is 10.0. The van der Waals surface area contributed by atoms with Crippen LogP contribution in [-0.4, -0.2) is 4.98 Å². The molecule has 0 atom stereocenters. The van der Waals surface area contributed by atoms with E-state index in [4.69, 9.17) is 5.73 Å². The highest BCUT2D eigenvalue weighted by Crippen LogP contribution is 2.28. The zero-order valence-corrected chi connectivity index (χ0v) is 10.2. The molecule has 2 heteroatoms. The van der Waals surface area contributed by atoms with Gasteiger partial charge in [0.1, 0.15) is 0 Å². The van der Waals surface area contributed by atoms with Gasteiger partial charge in [0.15, 0.2) is 0 Å². The summed E-state index contributed by atoms with van der Waals surface area (Å²) in [7, 11) is 0. The molecular weight excluding hydrogens is 220 g/mol. The number of nitrogens with zero attached hydrogens (tertiary/aromatic N) is 1. The molecule has 3 aromatic rings. The normalized spacial score (nSPS) is 10.7. The molecule has 0 saturated carbocycles. The molecule has 2 nitrogen and oxygen atoms in total. The number of fused-ring (bicyclic) bond motifs is 1. The second-order valence-electron chi connectivity index (χ2n) is 4.46. The predicted octanol–water partition coefficient (Wildman–Crippen LogP) is 3.79. The van der Waals surface area contributed by atoms with Gasteiger partial charge in [-0.05, 0) is 36.2 Å². The van der Waals surface area contributed by atoms with E-state index >= 15 is 0 Å². The van der Waals surface area contributed by atoms with Gasteiger partial charge in [-0.15, -0.1) is 0 Å². The van der Waals surface area contributed by atoms with Crippen LogP contribution in [-0.2, 0) is 0 Å². The molecule has 3 rings (SSSR count). The van der Waals surface area contributed by atoms with Crippen LogP contribution in [0.5, 0.6) is 0 Å². The molecule has 0 saturated heterocycles. The summed E-state index contributed by atoms with van der Waals surface area (Å²) in [6.45, 7) is 1.98. The molecule has 88 valence electrons. The number of nitrogens with two attached hydrogens (primary N) is 1. The molecule has 0 amide bonds. The minimum absolute atomic E-state index is 0.732. The van der Waals surface area contributed by atoms with E-state index in [1.54, 1.807) is 0 Å². The summed E-state index contributed by atoms with van der Waals surface area (Å²) in [6.07, 6.45) is 0. The Hall–Kier alpha value is -2.35. The number of hydrogen-bond donors (Lipinski definition) is 1. The maximum absolute atomic E-state index is 6.10. The molecule has 0 unspecified atom stereocenters. The van der Waals surface area contributed by atoms with Crippen LogP contribution in [0.15, 0.2) is 54.6 Å². The third-order valence-corrected chi connectivity index (χ3v) is 3.07. The van der Waals surface area contributed by atoms with Crippen molar-refractivity contribution in [1.82, 2.24) is 4.98 Å². The monoisotopic (exact) mass is 234 g/mol. The molecule has 0 aliphatic rings. The molecule has 2 aromatic carbocycles. The van der Waals surface area contributed by atoms with Crippen LogP contribution in [0.3, 0.4) is 0 Å². The summed E-state index contributed by atoms with van der Waals surface area (Å²) in [4.78, 5) is 4.48. The highest BCUT2D eigenvalue weighted by atomic mass is 14.7. The lowest BCUT2D eigenvalue weighted by Gasteiger charge is -2.07.